The van der Waals surface area contributed by atoms with Crippen molar-refractivity contribution in [3.05, 3.63) is 33.9 Å². The van der Waals surface area contributed by atoms with E-state index in [0.717, 1.165) is 0 Å². The molecule has 1 fully saturated rings. The van der Waals surface area contributed by atoms with Gasteiger partial charge >= 0.3 is 0 Å². The van der Waals surface area contributed by atoms with Crippen LogP contribution in [0, 0.1) is 21.4 Å². The Hall–Kier alpha value is -2.62. The van der Waals surface area contributed by atoms with Gasteiger partial charge in [-0.05, 0) is 18.6 Å². The number of hydrogen-bond acceptors (Lipinski definition) is 5. The minimum Gasteiger partial charge on any atom is -0.380 e. The van der Waals surface area contributed by atoms with Crippen molar-refractivity contribution in [1.29, 1.82) is 5.26 Å². The number of anilines is 1. The Balaban J connectivity index is 2.11. The predicted molar refractivity (Wildman–Crippen MR) is 67.5 cm³/mol. The van der Waals surface area contributed by atoms with Crippen LogP contribution >= 0.6 is 0 Å². The Kier molecular flexibility index (Phi) is 3.61. The fourth-order valence-corrected chi connectivity index (χ4v) is 1.97. The Morgan fingerprint density at radius 2 is 2.32 bits per heavy atom. The number of nitrogens with one attached hydrogen (secondary N) is 2. The van der Waals surface area contributed by atoms with E-state index in [-0.39, 0.29) is 23.2 Å². The van der Waals surface area contributed by atoms with E-state index in [4.69, 9.17) is 5.26 Å². The molecule has 0 radical (unpaired) electrons. The summed E-state index contributed by atoms with van der Waals surface area (Å²) in [5, 5.41) is 25.5. The zero-order valence-electron chi connectivity index (χ0n) is 10.0. The molecule has 0 spiro atoms. The Labute approximate surface area is 109 Å². The van der Waals surface area contributed by atoms with Crippen molar-refractivity contribution in [1.82, 2.24) is 5.32 Å². The van der Waals surface area contributed by atoms with Crippen LogP contribution in [0.4, 0.5) is 11.4 Å². The number of rotatable bonds is 3. The number of nitrogens with zero attached hydrogens (tertiary/aromatic N) is 2. The highest BCUT2D eigenvalue weighted by atomic mass is 16.6. The second kappa shape index (κ2) is 5.35. The third-order valence-electron chi connectivity index (χ3n) is 2.95. The summed E-state index contributed by atoms with van der Waals surface area (Å²) in [4.78, 5) is 21.1. The number of amides is 1. The minimum absolute atomic E-state index is 0.0230. The lowest BCUT2D eigenvalue weighted by Crippen LogP contribution is -2.41. The van der Waals surface area contributed by atoms with E-state index in [1.165, 1.54) is 12.1 Å². The van der Waals surface area contributed by atoms with Crippen molar-refractivity contribution in [2.24, 2.45) is 0 Å². The molecule has 1 heterocycles. The van der Waals surface area contributed by atoms with Crippen LogP contribution in [-0.4, -0.2) is 23.4 Å². The molecule has 1 unspecified atom stereocenters. The molecule has 7 heteroatoms. The van der Waals surface area contributed by atoms with Crippen molar-refractivity contribution in [2.45, 2.75) is 18.9 Å². The summed E-state index contributed by atoms with van der Waals surface area (Å²) in [7, 11) is 0. The van der Waals surface area contributed by atoms with Gasteiger partial charge in [0.2, 0.25) is 5.91 Å². The van der Waals surface area contributed by atoms with Gasteiger partial charge in [-0.2, -0.15) is 5.26 Å². The number of benzene rings is 1. The molecule has 1 aromatic carbocycles. The number of nitro groups is 1. The van der Waals surface area contributed by atoms with Gasteiger partial charge in [0.15, 0.2) is 0 Å². The molecule has 1 aliphatic heterocycles. The van der Waals surface area contributed by atoms with Crippen LogP contribution in [0.25, 0.3) is 0 Å². The van der Waals surface area contributed by atoms with E-state index in [1.807, 2.05) is 6.07 Å². The number of piperidine rings is 1. The topological polar surface area (TPSA) is 108 Å². The molecule has 1 amide bonds. The average molecular weight is 260 g/mol. The molecule has 98 valence electrons. The smallest absolute Gasteiger partial charge is 0.287 e. The van der Waals surface area contributed by atoms with Crippen molar-refractivity contribution in [3.8, 4) is 6.07 Å². The Bertz CT molecular complexity index is 555. The number of carbonyl (C=O) groups is 1. The van der Waals surface area contributed by atoms with E-state index < -0.39 is 4.92 Å². The summed E-state index contributed by atoms with van der Waals surface area (Å²) < 4.78 is 0. The first-order valence-electron chi connectivity index (χ1n) is 5.82. The van der Waals surface area contributed by atoms with Crippen molar-refractivity contribution in [3.63, 3.8) is 0 Å². The molecule has 1 atom stereocenters. The Morgan fingerprint density at radius 1 is 1.53 bits per heavy atom. The molecular formula is C12H12N4O3. The summed E-state index contributed by atoms with van der Waals surface area (Å²) in [5.74, 6) is 0.0273. The van der Waals surface area contributed by atoms with Crippen LogP contribution in [0.15, 0.2) is 18.2 Å². The number of hydrogen-bond donors (Lipinski definition) is 2. The molecule has 1 aromatic rings. The van der Waals surface area contributed by atoms with Gasteiger partial charge in [0.1, 0.15) is 11.6 Å². The molecule has 1 aliphatic rings. The second-order valence-corrected chi connectivity index (χ2v) is 4.28. The summed E-state index contributed by atoms with van der Waals surface area (Å²) in [6, 6.07) is 6.21. The monoisotopic (exact) mass is 260 g/mol. The lowest BCUT2D eigenvalue weighted by molar-refractivity contribution is -0.385. The number of carbonyl (C=O) groups excluding carboxylic acids is 1. The van der Waals surface area contributed by atoms with E-state index in [1.54, 1.807) is 6.07 Å². The normalized spacial score (nSPS) is 18.3. The van der Waals surface area contributed by atoms with Gasteiger partial charge in [0, 0.05) is 30.8 Å². The minimum atomic E-state index is -0.580. The summed E-state index contributed by atoms with van der Waals surface area (Å²) in [6.45, 7) is 0.512. The predicted octanol–water partition coefficient (Wildman–Crippen LogP) is 1.16. The highest BCUT2D eigenvalue weighted by Crippen LogP contribution is 2.23. The van der Waals surface area contributed by atoms with Crippen LogP contribution in [0.1, 0.15) is 18.4 Å². The third-order valence-corrected chi connectivity index (χ3v) is 2.95. The SMILES string of the molecule is N#Cc1cc(NC2CCC(=O)NC2)ccc1[N+](=O)[O-]. The highest BCUT2D eigenvalue weighted by molar-refractivity contribution is 5.77. The van der Waals surface area contributed by atoms with Crippen molar-refractivity contribution >= 4 is 17.3 Å². The maximum Gasteiger partial charge on any atom is 0.287 e. The molecule has 2 N–H and O–H groups in total. The van der Waals surface area contributed by atoms with Gasteiger partial charge in [0.05, 0.1) is 4.92 Å². The van der Waals surface area contributed by atoms with Gasteiger partial charge in [-0.25, -0.2) is 0 Å². The van der Waals surface area contributed by atoms with E-state index in [0.29, 0.717) is 25.1 Å². The van der Waals surface area contributed by atoms with Gasteiger partial charge in [-0.1, -0.05) is 0 Å². The molecule has 0 saturated carbocycles. The molecule has 1 saturated heterocycles. The van der Waals surface area contributed by atoms with Gasteiger partial charge in [-0.3, -0.25) is 14.9 Å². The number of nitro benzene ring substituents is 1. The lowest BCUT2D eigenvalue weighted by Gasteiger charge is -2.24. The first-order valence-corrected chi connectivity index (χ1v) is 5.82. The molecule has 0 aromatic heterocycles. The van der Waals surface area contributed by atoms with Crippen molar-refractivity contribution < 1.29 is 9.72 Å². The summed E-state index contributed by atoms with van der Waals surface area (Å²) >= 11 is 0. The van der Waals surface area contributed by atoms with Gasteiger partial charge < -0.3 is 10.6 Å². The maximum absolute atomic E-state index is 11.0. The van der Waals surface area contributed by atoms with Crippen LogP contribution in [0.2, 0.25) is 0 Å². The van der Waals surface area contributed by atoms with Gasteiger partial charge in [-0.15, -0.1) is 0 Å². The van der Waals surface area contributed by atoms with Crippen molar-refractivity contribution in [2.75, 3.05) is 11.9 Å². The molecule has 0 bridgehead atoms. The third kappa shape index (κ3) is 2.98. The zero-order valence-corrected chi connectivity index (χ0v) is 10.0. The molecule has 2 rings (SSSR count). The lowest BCUT2D eigenvalue weighted by atomic mass is 10.1. The molecular weight excluding hydrogens is 248 g/mol. The molecule has 7 nitrogen and oxygen atoms in total. The molecule has 19 heavy (non-hydrogen) atoms. The fourth-order valence-electron chi connectivity index (χ4n) is 1.97. The van der Waals surface area contributed by atoms with Gasteiger partial charge in [0.25, 0.3) is 5.69 Å². The first-order chi connectivity index (χ1) is 9.10. The largest absolute Gasteiger partial charge is 0.380 e. The first kappa shape index (κ1) is 12.8. The van der Waals surface area contributed by atoms with Crippen LogP contribution < -0.4 is 10.6 Å². The molecule has 0 aliphatic carbocycles. The standard InChI is InChI=1S/C12H12N4O3/c13-6-8-5-9(1-3-11(8)16(18)19)15-10-2-4-12(17)14-7-10/h1,3,5,10,15H,2,4,7H2,(H,14,17). The van der Waals surface area contributed by atoms with E-state index in [2.05, 4.69) is 10.6 Å². The quantitative estimate of drug-likeness (QED) is 0.626. The van der Waals surface area contributed by atoms with Crippen LogP contribution in [0.5, 0.6) is 0 Å². The summed E-state index contributed by atoms with van der Waals surface area (Å²) in [5.41, 5.74) is 0.461. The highest BCUT2D eigenvalue weighted by Gasteiger charge is 2.19. The fraction of sp³-hybridized carbons (Fsp3) is 0.333. The van der Waals surface area contributed by atoms with Crippen LogP contribution in [0.3, 0.4) is 0 Å². The maximum atomic E-state index is 11.0. The number of nitriles is 1. The van der Waals surface area contributed by atoms with E-state index >= 15 is 0 Å². The second-order valence-electron chi connectivity index (χ2n) is 4.28. The Morgan fingerprint density at radius 3 is 2.89 bits per heavy atom. The van der Waals surface area contributed by atoms with Crippen LogP contribution in [-0.2, 0) is 4.79 Å². The zero-order chi connectivity index (χ0) is 13.8. The van der Waals surface area contributed by atoms with E-state index in [9.17, 15) is 14.9 Å². The average Bonchev–Trinajstić information content (AvgIpc) is 2.41. The summed E-state index contributed by atoms with van der Waals surface area (Å²) in [6.07, 6.45) is 1.15.